The monoisotopic (exact) mass is 243 g/mol. The molecule has 2 unspecified atom stereocenters. The average Bonchev–Trinajstić information content (AvgIpc) is 2.24. The zero-order valence-corrected chi connectivity index (χ0v) is 10.8. The summed E-state index contributed by atoms with van der Waals surface area (Å²) in [7, 11) is 0.731. The third-order valence-corrected chi connectivity index (χ3v) is 3.46. The van der Waals surface area contributed by atoms with Gasteiger partial charge in [0, 0.05) is 34.9 Å². The highest BCUT2D eigenvalue weighted by Gasteiger charge is 2.07. The SMILES string of the molecule is COc1cc(NCC(C)S(C)=O)nc(C)n1. The van der Waals surface area contributed by atoms with Crippen molar-refractivity contribution < 1.29 is 8.95 Å². The summed E-state index contributed by atoms with van der Waals surface area (Å²) in [5.74, 6) is 1.87. The molecule has 0 spiro atoms. The van der Waals surface area contributed by atoms with Crippen molar-refractivity contribution in [3.05, 3.63) is 11.9 Å². The molecule has 6 heteroatoms. The first-order valence-electron chi connectivity index (χ1n) is 4.98. The van der Waals surface area contributed by atoms with Crippen LogP contribution in [0.1, 0.15) is 12.7 Å². The minimum Gasteiger partial charge on any atom is -0.481 e. The fourth-order valence-electron chi connectivity index (χ4n) is 1.10. The van der Waals surface area contributed by atoms with Crippen LogP contribution < -0.4 is 10.1 Å². The van der Waals surface area contributed by atoms with Gasteiger partial charge in [0.05, 0.1) is 7.11 Å². The van der Waals surface area contributed by atoms with Crippen molar-refractivity contribution in [2.24, 2.45) is 0 Å². The van der Waals surface area contributed by atoms with Gasteiger partial charge in [-0.3, -0.25) is 4.21 Å². The molecule has 0 bridgehead atoms. The van der Waals surface area contributed by atoms with Crippen LogP contribution in [-0.4, -0.2) is 39.3 Å². The molecular formula is C10H17N3O2S. The van der Waals surface area contributed by atoms with Gasteiger partial charge in [0.15, 0.2) is 0 Å². The molecule has 0 radical (unpaired) electrons. The zero-order valence-electron chi connectivity index (χ0n) is 9.98. The van der Waals surface area contributed by atoms with Crippen LogP contribution in [0.4, 0.5) is 5.82 Å². The molecule has 1 heterocycles. The molecule has 1 aromatic rings. The molecule has 0 fully saturated rings. The molecule has 0 aromatic carbocycles. The Kier molecular flexibility index (Phi) is 4.67. The van der Waals surface area contributed by atoms with Crippen molar-refractivity contribution in [1.29, 1.82) is 0 Å². The van der Waals surface area contributed by atoms with E-state index in [9.17, 15) is 4.21 Å². The van der Waals surface area contributed by atoms with E-state index in [0.717, 1.165) is 0 Å². The van der Waals surface area contributed by atoms with Gasteiger partial charge < -0.3 is 10.1 Å². The van der Waals surface area contributed by atoms with Crippen LogP contribution in [0.25, 0.3) is 0 Å². The summed E-state index contributed by atoms with van der Waals surface area (Å²) in [5, 5.41) is 3.20. The van der Waals surface area contributed by atoms with Crippen LogP contribution >= 0.6 is 0 Å². The number of hydrogen-bond acceptors (Lipinski definition) is 5. The molecule has 90 valence electrons. The van der Waals surface area contributed by atoms with Crippen LogP contribution in [0.3, 0.4) is 0 Å². The predicted octanol–water partition coefficient (Wildman–Crippen LogP) is 0.973. The highest BCUT2D eigenvalue weighted by atomic mass is 32.2. The minimum absolute atomic E-state index is 0.0845. The lowest BCUT2D eigenvalue weighted by Crippen LogP contribution is -2.21. The second-order valence-electron chi connectivity index (χ2n) is 3.53. The number of ether oxygens (including phenoxy) is 1. The molecule has 0 aliphatic heterocycles. The zero-order chi connectivity index (χ0) is 12.1. The molecule has 5 nitrogen and oxygen atoms in total. The van der Waals surface area contributed by atoms with Gasteiger partial charge in [-0.1, -0.05) is 0 Å². The van der Waals surface area contributed by atoms with E-state index in [0.29, 0.717) is 24.1 Å². The number of methoxy groups -OCH3 is 1. The lowest BCUT2D eigenvalue weighted by atomic mass is 10.4. The van der Waals surface area contributed by atoms with Crippen molar-refractivity contribution in [2.75, 3.05) is 25.2 Å². The Labute approximate surface area is 98.1 Å². The summed E-state index contributed by atoms with van der Waals surface area (Å²) in [4.78, 5) is 8.29. The van der Waals surface area contributed by atoms with Crippen molar-refractivity contribution in [2.45, 2.75) is 19.1 Å². The summed E-state index contributed by atoms with van der Waals surface area (Å²) in [6, 6.07) is 1.72. The van der Waals surface area contributed by atoms with E-state index in [1.807, 2.05) is 6.92 Å². The van der Waals surface area contributed by atoms with E-state index in [2.05, 4.69) is 15.3 Å². The molecule has 0 saturated heterocycles. The van der Waals surface area contributed by atoms with Gasteiger partial charge in [0.25, 0.3) is 0 Å². The highest BCUT2D eigenvalue weighted by Crippen LogP contribution is 2.12. The fraction of sp³-hybridized carbons (Fsp3) is 0.600. The van der Waals surface area contributed by atoms with Crippen molar-refractivity contribution in [1.82, 2.24) is 9.97 Å². The van der Waals surface area contributed by atoms with E-state index >= 15 is 0 Å². The van der Waals surface area contributed by atoms with Crippen molar-refractivity contribution >= 4 is 16.6 Å². The van der Waals surface area contributed by atoms with Gasteiger partial charge in [-0.15, -0.1) is 0 Å². The molecule has 0 aliphatic rings. The summed E-state index contributed by atoms with van der Waals surface area (Å²) < 4.78 is 16.2. The Balaban J connectivity index is 2.66. The van der Waals surface area contributed by atoms with Gasteiger partial charge in [-0.25, -0.2) is 4.98 Å². The topological polar surface area (TPSA) is 64.1 Å². The summed E-state index contributed by atoms with van der Waals surface area (Å²) in [6.45, 7) is 4.34. The second kappa shape index (κ2) is 5.79. The van der Waals surface area contributed by atoms with Crippen LogP contribution in [-0.2, 0) is 10.8 Å². The number of aryl methyl sites for hydroxylation is 1. The van der Waals surface area contributed by atoms with Crippen LogP contribution in [0.15, 0.2) is 6.07 Å². The van der Waals surface area contributed by atoms with Gasteiger partial charge in [-0.2, -0.15) is 4.98 Å². The molecule has 16 heavy (non-hydrogen) atoms. The number of aromatic nitrogens is 2. The molecule has 2 atom stereocenters. The molecule has 0 amide bonds. The molecule has 1 aromatic heterocycles. The largest absolute Gasteiger partial charge is 0.481 e. The maximum Gasteiger partial charge on any atom is 0.218 e. The lowest BCUT2D eigenvalue weighted by molar-refractivity contribution is 0.396. The standard InChI is InChI=1S/C10H17N3O2S/c1-7(16(4)14)6-11-9-5-10(15-3)13-8(2)12-9/h5,7H,6H2,1-4H3,(H,11,12,13). The normalized spacial score (nSPS) is 14.2. The summed E-state index contributed by atoms with van der Waals surface area (Å²) in [5.41, 5.74) is 0. The van der Waals surface area contributed by atoms with Crippen molar-refractivity contribution in [3.63, 3.8) is 0 Å². The Morgan fingerprint density at radius 2 is 2.25 bits per heavy atom. The minimum atomic E-state index is -0.834. The smallest absolute Gasteiger partial charge is 0.218 e. The van der Waals surface area contributed by atoms with Gasteiger partial charge in [0.1, 0.15) is 11.6 Å². The predicted molar refractivity (Wildman–Crippen MR) is 65.3 cm³/mol. The number of anilines is 1. The Bertz CT molecular complexity index is 384. The Hall–Kier alpha value is -1.17. The first-order chi connectivity index (χ1) is 7.52. The molecular weight excluding hydrogens is 226 g/mol. The lowest BCUT2D eigenvalue weighted by Gasteiger charge is -2.11. The maximum absolute atomic E-state index is 11.2. The van der Waals surface area contributed by atoms with Gasteiger partial charge >= 0.3 is 0 Å². The third-order valence-electron chi connectivity index (χ3n) is 2.16. The van der Waals surface area contributed by atoms with E-state index in [4.69, 9.17) is 4.74 Å². The van der Waals surface area contributed by atoms with Gasteiger partial charge in [0.2, 0.25) is 5.88 Å². The average molecular weight is 243 g/mol. The first kappa shape index (κ1) is 12.9. The fourth-order valence-corrected chi connectivity index (χ4v) is 1.42. The van der Waals surface area contributed by atoms with E-state index in [1.54, 1.807) is 26.4 Å². The summed E-state index contributed by atoms with van der Waals surface area (Å²) in [6.07, 6.45) is 1.69. The molecule has 0 aliphatic carbocycles. The van der Waals surface area contributed by atoms with Crippen LogP contribution in [0.5, 0.6) is 5.88 Å². The highest BCUT2D eigenvalue weighted by molar-refractivity contribution is 7.84. The molecule has 0 saturated carbocycles. The number of hydrogen-bond donors (Lipinski definition) is 1. The Morgan fingerprint density at radius 1 is 1.56 bits per heavy atom. The van der Waals surface area contributed by atoms with E-state index in [1.165, 1.54) is 0 Å². The molecule has 1 rings (SSSR count). The quantitative estimate of drug-likeness (QED) is 0.835. The second-order valence-corrected chi connectivity index (χ2v) is 5.33. The van der Waals surface area contributed by atoms with Crippen molar-refractivity contribution in [3.8, 4) is 5.88 Å². The van der Waals surface area contributed by atoms with Crippen LogP contribution in [0.2, 0.25) is 0 Å². The summed E-state index contributed by atoms with van der Waals surface area (Å²) >= 11 is 0. The number of rotatable bonds is 5. The maximum atomic E-state index is 11.2. The first-order valence-corrected chi connectivity index (χ1v) is 6.61. The van der Waals surface area contributed by atoms with E-state index in [-0.39, 0.29) is 5.25 Å². The molecule has 1 N–H and O–H groups in total. The third kappa shape index (κ3) is 3.77. The van der Waals surface area contributed by atoms with E-state index < -0.39 is 10.8 Å². The van der Waals surface area contributed by atoms with Crippen LogP contribution in [0, 0.1) is 6.92 Å². The Morgan fingerprint density at radius 3 is 2.81 bits per heavy atom. The number of nitrogens with zero attached hydrogens (tertiary/aromatic N) is 2. The van der Waals surface area contributed by atoms with Gasteiger partial charge in [-0.05, 0) is 13.8 Å². The number of nitrogens with one attached hydrogen (secondary N) is 1.